The van der Waals surface area contributed by atoms with Gasteiger partial charge in [-0.05, 0) is 65.4 Å². The fourth-order valence-electron chi connectivity index (χ4n) is 2.09. The lowest BCUT2D eigenvalue weighted by molar-refractivity contribution is 0.292. The third kappa shape index (κ3) is 6.70. The van der Waals surface area contributed by atoms with Crippen LogP contribution in [0.4, 0.5) is 0 Å². The van der Waals surface area contributed by atoms with Crippen LogP contribution in [0.5, 0.6) is 11.5 Å². The van der Waals surface area contributed by atoms with Crippen molar-refractivity contribution in [3.63, 3.8) is 0 Å². The van der Waals surface area contributed by atoms with Crippen molar-refractivity contribution in [2.75, 3.05) is 20.3 Å². The van der Waals surface area contributed by atoms with Gasteiger partial charge in [0, 0.05) is 6.54 Å². The lowest BCUT2D eigenvalue weighted by Crippen LogP contribution is -2.15. The minimum absolute atomic E-state index is 0.696. The molecule has 0 radical (unpaired) electrons. The summed E-state index contributed by atoms with van der Waals surface area (Å²) in [6.07, 6.45) is 3.46. The number of hydrogen-bond donors (Lipinski definition) is 1. The second kappa shape index (κ2) is 10.1. The largest absolute Gasteiger partial charge is 0.493 e. The van der Waals surface area contributed by atoms with Crippen molar-refractivity contribution in [1.82, 2.24) is 5.32 Å². The summed E-state index contributed by atoms with van der Waals surface area (Å²) in [5.74, 6) is 2.36. The molecule has 0 aromatic heterocycles. The minimum atomic E-state index is 0.696. The molecule has 0 bridgehead atoms. The van der Waals surface area contributed by atoms with Crippen molar-refractivity contribution in [3.8, 4) is 11.5 Å². The number of ether oxygens (including phenoxy) is 2. The van der Waals surface area contributed by atoms with Gasteiger partial charge in [0.1, 0.15) is 0 Å². The smallest absolute Gasteiger partial charge is 0.175 e. The highest BCUT2D eigenvalue weighted by Crippen LogP contribution is 2.36. The van der Waals surface area contributed by atoms with Crippen LogP contribution in [0, 0.1) is 5.92 Å². The highest BCUT2D eigenvalue weighted by molar-refractivity contribution is 9.10. The molecule has 1 rings (SSSR count). The van der Waals surface area contributed by atoms with Gasteiger partial charge in [-0.3, -0.25) is 0 Å². The standard InChI is InChI=1S/C17H28BrNO2/c1-5-9-21-17-15(18)10-14(11-16(17)20-4)12-19-8-6-7-13(2)3/h10-11,13,19H,5-9,12H2,1-4H3. The molecule has 4 heteroatoms. The van der Waals surface area contributed by atoms with Gasteiger partial charge in [0.05, 0.1) is 18.2 Å². The van der Waals surface area contributed by atoms with E-state index in [-0.39, 0.29) is 0 Å². The lowest BCUT2D eigenvalue weighted by atomic mass is 10.1. The zero-order chi connectivity index (χ0) is 15.7. The van der Waals surface area contributed by atoms with Crippen LogP contribution in [0.1, 0.15) is 45.6 Å². The predicted molar refractivity (Wildman–Crippen MR) is 92.3 cm³/mol. The Morgan fingerprint density at radius 3 is 2.67 bits per heavy atom. The number of methoxy groups -OCH3 is 1. The van der Waals surface area contributed by atoms with Gasteiger partial charge in [-0.2, -0.15) is 0 Å². The van der Waals surface area contributed by atoms with Gasteiger partial charge in [0.2, 0.25) is 0 Å². The monoisotopic (exact) mass is 357 g/mol. The van der Waals surface area contributed by atoms with Crippen molar-refractivity contribution in [1.29, 1.82) is 0 Å². The van der Waals surface area contributed by atoms with Gasteiger partial charge in [-0.15, -0.1) is 0 Å². The van der Waals surface area contributed by atoms with Crippen molar-refractivity contribution in [2.24, 2.45) is 5.92 Å². The Labute approximate surface area is 137 Å². The van der Waals surface area contributed by atoms with Crippen molar-refractivity contribution >= 4 is 15.9 Å². The summed E-state index contributed by atoms with van der Waals surface area (Å²) in [7, 11) is 1.68. The normalized spacial score (nSPS) is 11.0. The van der Waals surface area contributed by atoms with Gasteiger partial charge in [-0.25, -0.2) is 0 Å². The van der Waals surface area contributed by atoms with Crippen molar-refractivity contribution in [2.45, 2.75) is 46.6 Å². The number of halogens is 1. The molecule has 0 heterocycles. The molecule has 21 heavy (non-hydrogen) atoms. The van der Waals surface area contributed by atoms with E-state index in [0.29, 0.717) is 6.61 Å². The Morgan fingerprint density at radius 1 is 1.29 bits per heavy atom. The second-order valence-electron chi connectivity index (χ2n) is 5.67. The van der Waals surface area contributed by atoms with E-state index in [0.717, 1.165) is 41.4 Å². The van der Waals surface area contributed by atoms with Gasteiger partial charge in [0.15, 0.2) is 11.5 Å². The summed E-state index contributed by atoms with van der Waals surface area (Å²) in [5.41, 5.74) is 1.20. The van der Waals surface area contributed by atoms with Crippen LogP contribution in [-0.2, 0) is 6.54 Å². The van der Waals surface area contributed by atoms with Crippen molar-refractivity contribution < 1.29 is 9.47 Å². The molecular formula is C17H28BrNO2. The van der Waals surface area contributed by atoms with Gasteiger partial charge in [-0.1, -0.05) is 20.8 Å². The Balaban J connectivity index is 2.57. The minimum Gasteiger partial charge on any atom is -0.493 e. The van der Waals surface area contributed by atoms with Crippen LogP contribution in [0.25, 0.3) is 0 Å². The maximum atomic E-state index is 5.74. The second-order valence-corrected chi connectivity index (χ2v) is 6.52. The first kappa shape index (κ1) is 18.3. The molecular weight excluding hydrogens is 330 g/mol. The van der Waals surface area contributed by atoms with E-state index >= 15 is 0 Å². The number of nitrogens with one attached hydrogen (secondary N) is 1. The van der Waals surface area contributed by atoms with E-state index in [9.17, 15) is 0 Å². The third-order valence-corrected chi connectivity index (χ3v) is 3.79. The van der Waals surface area contributed by atoms with Gasteiger partial charge in [0.25, 0.3) is 0 Å². The van der Waals surface area contributed by atoms with E-state index in [1.54, 1.807) is 7.11 Å². The average Bonchev–Trinajstić information content (AvgIpc) is 2.45. The third-order valence-electron chi connectivity index (χ3n) is 3.20. The molecule has 0 unspecified atom stereocenters. The summed E-state index contributed by atoms with van der Waals surface area (Å²) < 4.78 is 12.1. The fraction of sp³-hybridized carbons (Fsp3) is 0.647. The zero-order valence-corrected chi connectivity index (χ0v) is 15.3. The van der Waals surface area contributed by atoms with Crippen molar-refractivity contribution in [3.05, 3.63) is 22.2 Å². The molecule has 0 aliphatic rings. The van der Waals surface area contributed by atoms with Crippen LogP contribution >= 0.6 is 15.9 Å². The first-order chi connectivity index (χ1) is 10.1. The summed E-state index contributed by atoms with van der Waals surface area (Å²) >= 11 is 3.58. The predicted octanol–water partition coefficient (Wildman–Crippen LogP) is 4.77. The summed E-state index contributed by atoms with van der Waals surface area (Å²) in [5, 5.41) is 3.48. The molecule has 3 nitrogen and oxygen atoms in total. The Hall–Kier alpha value is -0.740. The number of hydrogen-bond acceptors (Lipinski definition) is 3. The quantitative estimate of drug-likeness (QED) is 0.611. The Morgan fingerprint density at radius 2 is 2.05 bits per heavy atom. The molecule has 1 aromatic rings. The molecule has 0 aliphatic carbocycles. The summed E-state index contributed by atoms with van der Waals surface area (Å²) in [6.45, 7) is 9.21. The van der Waals surface area contributed by atoms with Crippen LogP contribution in [0.15, 0.2) is 16.6 Å². The van der Waals surface area contributed by atoms with Crippen LogP contribution in [0.3, 0.4) is 0 Å². The number of benzene rings is 1. The van der Waals surface area contributed by atoms with Crippen LogP contribution in [-0.4, -0.2) is 20.3 Å². The van der Waals surface area contributed by atoms with Crippen LogP contribution < -0.4 is 14.8 Å². The number of rotatable bonds is 10. The van der Waals surface area contributed by atoms with E-state index < -0.39 is 0 Å². The zero-order valence-electron chi connectivity index (χ0n) is 13.7. The van der Waals surface area contributed by atoms with E-state index in [2.05, 4.69) is 48.1 Å². The molecule has 0 aliphatic heterocycles. The van der Waals surface area contributed by atoms with Crippen LogP contribution in [0.2, 0.25) is 0 Å². The molecule has 0 fully saturated rings. The Kier molecular flexibility index (Phi) is 8.77. The molecule has 0 atom stereocenters. The molecule has 0 spiro atoms. The van der Waals surface area contributed by atoms with E-state index in [4.69, 9.17) is 9.47 Å². The molecule has 1 aromatic carbocycles. The highest BCUT2D eigenvalue weighted by atomic mass is 79.9. The van der Waals surface area contributed by atoms with Gasteiger partial charge < -0.3 is 14.8 Å². The highest BCUT2D eigenvalue weighted by Gasteiger charge is 2.11. The SMILES string of the molecule is CCCOc1c(Br)cc(CNCCCC(C)C)cc1OC. The molecule has 0 amide bonds. The van der Waals surface area contributed by atoms with E-state index in [1.807, 2.05) is 6.07 Å². The van der Waals surface area contributed by atoms with E-state index in [1.165, 1.54) is 18.4 Å². The van der Waals surface area contributed by atoms with Gasteiger partial charge >= 0.3 is 0 Å². The lowest BCUT2D eigenvalue weighted by Gasteiger charge is -2.14. The summed E-state index contributed by atoms with van der Waals surface area (Å²) in [4.78, 5) is 0. The molecule has 0 saturated heterocycles. The molecule has 0 saturated carbocycles. The summed E-state index contributed by atoms with van der Waals surface area (Å²) in [6, 6.07) is 4.15. The first-order valence-electron chi connectivity index (χ1n) is 7.78. The fourth-order valence-corrected chi connectivity index (χ4v) is 2.69. The maximum absolute atomic E-state index is 5.74. The maximum Gasteiger partial charge on any atom is 0.175 e. The Bertz CT molecular complexity index is 421. The average molecular weight is 358 g/mol. The molecule has 1 N–H and O–H groups in total. The molecule has 120 valence electrons. The topological polar surface area (TPSA) is 30.5 Å². The first-order valence-corrected chi connectivity index (χ1v) is 8.57.